The Morgan fingerprint density at radius 1 is 1.06 bits per heavy atom. The lowest BCUT2D eigenvalue weighted by Crippen LogP contribution is -2.28. The number of carbonyl (C=O) groups excluding carboxylic acids is 2. The van der Waals surface area contributed by atoms with Crippen LogP contribution in [0.15, 0.2) is 59.5 Å². The summed E-state index contributed by atoms with van der Waals surface area (Å²) in [5.41, 5.74) is -1.92. The third-order valence-electron chi connectivity index (χ3n) is 4.72. The van der Waals surface area contributed by atoms with Gasteiger partial charge in [0, 0.05) is 11.6 Å². The number of ether oxygens (including phenoxy) is 2. The number of nitrogens with one attached hydrogen (secondary N) is 1. The number of amides is 1. The molecule has 0 fully saturated rings. The van der Waals surface area contributed by atoms with Gasteiger partial charge in [0.05, 0.1) is 23.2 Å². The molecule has 3 rings (SSSR count). The van der Waals surface area contributed by atoms with Crippen LogP contribution in [0.4, 0.5) is 18.9 Å². The molecule has 7 nitrogen and oxygen atoms in total. The number of nitrogens with zero attached hydrogens (tertiary/aromatic N) is 1. The van der Waals surface area contributed by atoms with Crippen LogP contribution in [0, 0.1) is 0 Å². The SMILES string of the molecule is CCOC(=O)[C@@H](C)Oc1cccc2c(=O)n(CC(=O)Nc3ccccc3C(F)(F)F)ccc12. The summed E-state index contributed by atoms with van der Waals surface area (Å²) < 4.78 is 51.0. The lowest BCUT2D eigenvalue weighted by molar-refractivity contribution is -0.150. The summed E-state index contributed by atoms with van der Waals surface area (Å²) in [6, 6.07) is 10.8. The molecular formula is C23H21F3N2O5. The third kappa shape index (κ3) is 5.51. The number of esters is 1. The van der Waals surface area contributed by atoms with Gasteiger partial charge in [-0.05, 0) is 44.2 Å². The molecule has 0 unspecified atom stereocenters. The van der Waals surface area contributed by atoms with Crippen LogP contribution in [0.5, 0.6) is 5.75 Å². The van der Waals surface area contributed by atoms with Crippen molar-refractivity contribution in [1.29, 1.82) is 0 Å². The van der Waals surface area contributed by atoms with Gasteiger partial charge in [-0.25, -0.2) is 4.79 Å². The summed E-state index contributed by atoms with van der Waals surface area (Å²) in [7, 11) is 0. The van der Waals surface area contributed by atoms with E-state index in [1.807, 2.05) is 0 Å². The predicted molar refractivity (Wildman–Crippen MR) is 115 cm³/mol. The Bertz CT molecular complexity index is 1240. The van der Waals surface area contributed by atoms with Crippen LogP contribution in [0.1, 0.15) is 19.4 Å². The first-order valence-electron chi connectivity index (χ1n) is 10.0. The molecule has 0 aliphatic rings. The molecule has 1 heterocycles. The van der Waals surface area contributed by atoms with Crippen molar-refractivity contribution < 1.29 is 32.2 Å². The second-order valence-electron chi connectivity index (χ2n) is 7.07. The fourth-order valence-corrected chi connectivity index (χ4v) is 3.20. The van der Waals surface area contributed by atoms with Crippen LogP contribution in [-0.2, 0) is 27.0 Å². The molecule has 0 radical (unpaired) electrons. The quantitative estimate of drug-likeness (QED) is 0.537. The first-order valence-corrected chi connectivity index (χ1v) is 10.0. The van der Waals surface area contributed by atoms with Gasteiger partial charge in [0.1, 0.15) is 12.3 Å². The molecule has 0 aliphatic heterocycles. The van der Waals surface area contributed by atoms with Crippen LogP contribution >= 0.6 is 0 Å². The lowest BCUT2D eigenvalue weighted by Gasteiger charge is -2.16. The summed E-state index contributed by atoms with van der Waals surface area (Å²) in [5, 5.41) is 2.84. The maximum Gasteiger partial charge on any atom is 0.418 e. The molecule has 1 amide bonds. The van der Waals surface area contributed by atoms with Crippen molar-refractivity contribution in [3.63, 3.8) is 0 Å². The van der Waals surface area contributed by atoms with Crippen molar-refractivity contribution in [1.82, 2.24) is 4.57 Å². The zero-order valence-electron chi connectivity index (χ0n) is 17.8. The van der Waals surface area contributed by atoms with E-state index in [1.165, 1.54) is 37.4 Å². The molecule has 3 aromatic rings. The average molecular weight is 462 g/mol. The number of halogens is 3. The van der Waals surface area contributed by atoms with Crippen molar-refractivity contribution in [3.8, 4) is 5.75 Å². The molecule has 2 aromatic carbocycles. The molecule has 0 bridgehead atoms. The Hall–Kier alpha value is -3.82. The molecule has 0 aliphatic carbocycles. The van der Waals surface area contributed by atoms with Gasteiger partial charge in [0.25, 0.3) is 5.56 Å². The number of aromatic nitrogens is 1. The number of para-hydroxylation sites is 1. The van der Waals surface area contributed by atoms with E-state index in [0.717, 1.165) is 16.7 Å². The Morgan fingerprint density at radius 3 is 2.48 bits per heavy atom. The summed E-state index contributed by atoms with van der Waals surface area (Å²) in [5.74, 6) is -1.07. The van der Waals surface area contributed by atoms with Gasteiger partial charge in [-0.3, -0.25) is 9.59 Å². The van der Waals surface area contributed by atoms with Crippen molar-refractivity contribution >= 4 is 28.3 Å². The lowest BCUT2D eigenvalue weighted by atomic mass is 10.1. The molecule has 174 valence electrons. The van der Waals surface area contributed by atoms with E-state index in [9.17, 15) is 27.6 Å². The van der Waals surface area contributed by atoms with E-state index < -0.39 is 47.5 Å². The maximum atomic E-state index is 13.1. The van der Waals surface area contributed by atoms with Crippen LogP contribution in [-0.4, -0.2) is 29.2 Å². The van der Waals surface area contributed by atoms with Gasteiger partial charge >= 0.3 is 12.1 Å². The Kier molecular flexibility index (Phi) is 7.05. The van der Waals surface area contributed by atoms with E-state index in [4.69, 9.17) is 9.47 Å². The minimum absolute atomic E-state index is 0.197. The molecule has 0 saturated carbocycles. The largest absolute Gasteiger partial charge is 0.478 e. The molecule has 10 heteroatoms. The van der Waals surface area contributed by atoms with Crippen LogP contribution in [0.2, 0.25) is 0 Å². The number of alkyl halides is 3. The smallest absolute Gasteiger partial charge is 0.418 e. The fraction of sp³-hybridized carbons (Fsp3) is 0.261. The van der Waals surface area contributed by atoms with Crippen molar-refractivity contribution in [2.24, 2.45) is 0 Å². The summed E-state index contributed by atoms with van der Waals surface area (Å²) in [4.78, 5) is 37.1. The number of pyridine rings is 1. The van der Waals surface area contributed by atoms with E-state index in [0.29, 0.717) is 5.39 Å². The predicted octanol–water partition coefficient (Wildman–Crippen LogP) is 3.99. The van der Waals surface area contributed by atoms with Gasteiger partial charge in [-0.15, -0.1) is 0 Å². The van der Waals surface area contributed by atoms with E-state index in [1.54, 1.807) is 19.1 Å². The fourth-order valence-electron chi connectivity index (χ4n) is 3.20. The number of rotatable bonds is 7. The number of anilines is 1. The van der Waals surface area contributed by atoms with Crippen LogP contribution < -0.4 is 15.6 Å². The Balaban J connectivity index is 1.83. The monoisotopic (exact) mass is 462 g/mol. The highest BCUT2D eigenvalue weighted by Gasteiger charge is 2.33. The molecule has 0 saturated heterocycles. The normalized spacial score (nSPS) is 12.3. The summed E-state index contributed by atoms with van der Waals surface area (Å²) >= 11 is 0. The topological polar surface area (TPSA) is 86.6 Å². The molecular weight excluding hydrogens is 441 g/mol. The average Bonchev–Trinajstić information content (AvgIpc) is 2.76. The molecule has 0 spiro atoms. The van der Waals surface area contributed by atoms with Gasteiger partial charge < -0.3 is 19.4 Å². The molecule has 1 aromatic heterocycles. The summed E-state index contributed by atoms with van der Waals surface area (Å²) in [6.45, 7) is 2.89. The third-order valence-corrected chi connectivity index (χ3v) is 4.72. The van der Waals surface area contributed by atoms with E-state index >= 15 is 0 Å². The van der Waals surface area contributed by atoms with Gasteiger partial charge in [0.2, 0.25) is 5.91 Å². The van der Waals surface area contributed by atoms with Gasteiger partial charge in [-0.1, -0.05) is 18.2 Å². The first-order chi connectivity index (χ1) is 15.6. The molecule has 1 atom stereocenters. The van der Waals surface area contributed by atoms with Crippen LogP contribution in [0.25, 0.3) is 10.8 Å². The highest BCUT2D eigenvalue weighted by atomic mass is 19.4. The minimum Gasteiger partial charge on any atom is -0.478 e. The second kappa shape index (κ2) is 9.76. The summed E-state index contributed by atoms with van der Waals surface area (Å²) in [6.07, 6.45) is -4.21. The highest BCUT2D eigenvalue weighted by Crippen LogP contribution is 2.34. The standard InChI is InChI=1S/C23H21F3N2O5/c1-3-32-22(31)14(2)33-19-10-6-7-16-15(19)11-12-28(21(16)30)13-20(29)27-18-9-5-4-8-17(18)23(24,25)26/h4-12,14H,3,13H2,1-2H3,(H,27,29)/t14-/m1/s1. The Morgan fingerprint density at radius 2 is 1.79 bits per heavy atom. The minimum atomic E-state index is -4.64. The Labute approximate surface area is 186 Å². The number of hydrogen-bond acceptors (Lipinski definition) is 5. The van der Waals surface area contributed by atoms with Crippen molar-refractivity contribution in [2.45, 2.75) is 32.7 Å². The zero-order chi connectivity index (χ0) is 24.2. The van der Waals surface area contributed by atoms with Crippen molar-refractivity contribution in [2.75, 3.05) is 11.9 Å². The van der Waals surface area contributed by atoms with Crippen molar-refractivity contribution in [3.05, 3.63) is 70.6 Å². The second-order valence-corrected chi connectivity index (χ2v) is 7.07. The number of benzene rings is 2. The number of hydrogen-bond donors (Lipinski definition) is 1. The first kappa shape index (κ1) is 23.8. The maximum absolute atomic E-state index is 13.1. The zero-order valence-corrected chi connectivity index (χ0v) is 17.8. The van der Waals surface area contributed by atoms with Crippen LogP contribution in [0.3, 0.4) is 0 Å². The van der Waals surface area contributed by atoms with Gasteiger partial charge in [-0.2, -0.15) is 13.2 Å². The number of carbonyl (C=O) groups is 2. The highest BCUT2D eigenvalue weighted by molar-refractivity contribution is 5.92. The number of fused-ring (bicyclic) bond motifs is 1. The molecule has 33 heavy (non-hydrogen) atoms. The van der Waals surface area contributed by atoms with Gasteiger partial charge in [0.15, 0.2) is 6.10 Å². The molecule has 1 N–H and O–H groups in total. The van der Waals surface area contributed by atoms with E-state index in [2.05, 4.69) is 5.32 Å². The van der Waals surface area contributed by atoms with E-state index in [-0.39, 0.29) is 17.7 Å².